The molecule has 2 atom stereocenters. The van der Waals surface area contributed by atoms with Crippen LogP contribution in [0.15, 0.2) is 10.5 Å². The fraction of sp³-hybridized carbons (Fsp3) is 0.619. The zero-order valence-electron chi connectivity index (χ0n) is 17.1. The van der Waals surface area contributed by atoms with Crippen LogP contribution in [0.4, 0.5) is 14.6 Å². The van der Waals surface area contributed by atoms with E-state index >= 15 is 4.39 Å². The van der Waals surface area contributed by atoms with Crippen LogP contribution in [0.5, 0.6) is 6.01 Å². The van der Waals surface area contributed by atoms with E-state index < -0.39 is 12.0 Å². The summed E-state index contributed by atoms with van der Waals surface area (Å²) in [5, 5.41) is 0.657. The van der Waals surface area contributed by atoms with Gasteiger partial charge in [-0.15, -0.1) is 0 Å². The molecule has 0 unspecified atom stereocenters. The highest BCUT2D eigenvalue weighted by Gasteiger charge is 2.49. The zero-order valence-corrected chi connectivity index (χ0v) is 20.8. The highest BCUT2D eigenvalue weighted by Crippen LogP contribution is 2.41. The lowest BCUT2D eigenvalue weighted by Gasteiger charge is -2.31. The summed E-state index contributed by atoms with van der Waals surface area (Å²) in [6.45, 7) is 4.38. The van der Waals surface area contributed by atoms with Gasteiger partial charge in [0.15, 0.2) is 5.82 Å². The first-order valence-corrected chi connectivity index (χ1v) is 12.5. The van der Waals surface area contributed by atoms with Crippen LogP contribution >= 0.6 is 38.5 Å². The number of benzene rings is 1. The van der Waals surface area contributed by atoms with Crippen molar-refractivity contribution in [2.24, 2.45) is 0 Å². The fourth-order valence-corrected chi connectivity index (χ4v) is 5.90. The van der Waals surface area contributed by atoms with Gasteiger partial charge in [0.25, 0.3) is 0 Å². The predicted octanol–water partition coefficient (Wildman–Crippen LogP) is 4.32. The Hall–Kier alpha value is -0.850. The van der Waals surface area contributed by atoms with Gasteiger partial charge in [-0.25, -0.2) is 8.78 Å². The smallest absolute Gasteiger partial charge is 0.319 e. The summed E-state index contributed by atoms with van der Waals surface area (Å²) >= 11 is 5.43. The first-order chi connectivity index (χ1) is 15.0. The number of ether oxygens (including phenoxy) is 2. The van der Waals surface area contributed by atoms with Gasteiger partial charge in [-0.1, -0.05) is 0 Å². The number of anilines is 1. The molecule has 168 valence electrons. The highest BCUT2D eigenvalue weighted by molar-refractivity contribution is 14.1. The maximum absolute atomic E-state index is 15.2. The molecule has 0 aliphatic carbocycles. The Morgan fingerprint density at radius 1 is 1.26 bits per heavy atom. The lowest BCUT2D eigenvalue weighted by atomic mass is 9.95. The molecule has 0 N–H and O–H groups in total. The van der Waals surface area contributed by atoms with E-state index in [9.17, 15) is 4.39 Å². The second kappa shape index (κ2) is 8.83. The van der Waals surface area contributed by atoms with Crippen LogP contribution in [0.1, 0.15) is 25.7 Å². The summed E-state index contributed by atoms with van der Waals surface area (Å²) in [6, 6.07) is 2.04. The quantitative estimate of drug-likeness (QED) is 0.381. The van der Waals surface area contributed by atoms with Gasteiger partial charge in [0.2, 0.25) is 0 Å². The molecule has 1 aromatic carbocycles. The lowest BCUT2D eigenvalue weighted by molar-refractivity contribution is 0.107. The molecule has 0 bridgehead atoms. The number of aromatic nitrogens is 2. The summed E-state index contributed by atoms with van der Waals surface area (Å²) in [6.07, 6.45) is 2.44. The Labute approximate surface area is 201 Å². The molecule has 3 saturated heterocycles. The SMILES string of the molecule is Fc1c(Br)c(I)cc2c(N3CCCOCC3)nc(OC[C@@]34CCCN3C[C@H](F)C4)nc12. The van der Waals surface area contributed by atoms with E-state index in [2.05, 4.69) is 53.3 Å². The minimum Gasteiger partial charge on any atom is -0.461 e. The van der Waals surface area contributed by atoms with Gasteiger partial charge < -0.3 is 14.4 Å². The fourth-order valence-electron chi connectivity index (χ4n) is 5.05. The standard InChI is InChI=1S/C21H24BrF2IN4O2/c22-16-15(25)9-14-18(17(16)24)26-20(27-19(14)28-4-2-7-30-8-6-28)31-12-21-3-1-5-29(21)11-13(23)10-21/h9,13H,1-8,10-12H2/t13-,21+/m1/s1. The van der Waals surface area contributed by atoms with Crippen LogP contribution in [0.2, 0.25) is 0 Å². The first kappa shape index (κ1) is 22.0. The van der Waals surface area contributed by atoms with E-state index in [-0.39, 0.29) is 17.1 Å². The molecule has 10 heteroatoms. The lowest BCUT2D eigenvalue weighted by Crippen LogP contribution is -2.43. The molecule has 3 fully saturated rings. The van der Waals surface area contributed by atoms with E-state index in [1.54, 1.807) is 0 Å². The topological polar surface area (TPSA) is 50.7 Å². The van der Waals surface area contributed by atoms with Crippen LogP contribution in [-0.4, -0.2) is 72.6 Å². The van der Waals surface area contributed by atoms with Gasteiger partial charge in [-0.05, 0) is 70.4 Å². The molecular formula is C21H24BrF2IN4O2. The van der Waals surface area contributed by atoms with Gasteiger partial charge in [-0.2, -0.15) is 9.97 Å². The Morgan fingerprint density at radius 2 is 2.13 bits per heavy atom. The summed E-state index contributed by atoms with van der Waals surface area (Å²) in [5.41, 5.74) is -0.0764. The molecular weight excluding hydrogens is 585 g/mol. The second-order valence-electron chi connectivity index (χ2n) is 8.53. The maximum Gasteiger partial charge on any atom is 0.319 e. The van der Waals surface area contributed by atoms with Gasteiger partial charge in [0.1, 0.15) is 24.1 Å². The van der Waals surface area contributed by atoms with Crippen LogP contribution < -0.4 is 9.64 Å². The predicted molar refractivity (Wildman–Crippen MR) is 126 cm³/mol. The molecule has 5 rings (SSSR count). The van der Waals surface area contributed by atoms with E-state index in [1.807, 2.05) is 6.07 Å². The Balaban J connectivity index is 1.52. The van der Waals surface area contributed by atoms with Crippen molar-refractivity contribution in [3.05, 3.63) is 19.9 Å². The number of fused-ring (bicyclic) bond motifs is 2. The average Bonchev–Trinajstić information content (AvgIpc) is 3.13. The molecule has 0 saturated carbocycles. The van der Waals surface area contributed by atoms with Crippen LogP contribution in [0.3, 0.4) is 0 Å². The zero-order chi connectivity index (χ0) is 21.6. The van der Waals surface area contributed by atoms with Crippen molar-refractivity contribution in [2.45, 2.75) is 37.4 Å². The number of halogens is 4. The number of nitrogens with zero attached hydrogens (tertiary/aromatic N) is 4. The van der Waals surface area contributed by atoms with Crippen LogP contribution in [0.25, 0.3) is 10.9 Å². The second-order valence-corrected chi connectivity index (χ2v) is 10.5. The first-order valence-electron chi connectivity index (χ1n) is 10.7. The Kier molecular flexibility index (Phi) is 6.26. The van der Waals surface area contributed by atoms with Crippen molar-refractivity contribution in [3.8, 4) is 6.01 Å². The third-order valence-electron chi connectivity index (χ3n) is 6.54. The van der Waals surface area contributed by atoms with Crippen molar-refractivity contribution >= 4 is 55.2 Å². The van der Waals surface area contributed by atoms with Gasteiger partial charge in [-0.3, -0.25) is 4.90 Å². The molecule has 0 spiro atoms. The number of alkyl halides is 1. The van der Waals surface area contributed by atoms with Crippen molar-refractivity contribution in [1.82, 2.24) is 14.9 Å². The third kappa shape index (κ3) is 4.13. The van der Waals surface area contributed by atoms with E-state index in [0.717, 1.165) is 35.9 Å². The van der Waals surface area contributed by atoms with Crippen molar-refractivity contribution < 1.29 is 18.3 Å². The molecule has 6 nitrogen and oxygen atoms in total. The minimum absolute atomic E-state index is 0.142. The third-order valence-corrected chi connectivity index (χ3v) is 8.91. The summed E-state index contributed by atoms with van der Waals surface area (Å²) in [4.78, 5) is 13.4. The van der Waals surface area contributed by atoms with Gasteiger partial charge in [0, 0.05) is 41.6 Å². The molecule has 3 aliphatic rings. The number of hydrogen-bond acceptors (Lipinski definition) is 6. The molecule has 31 heavy (non-hydrogen) atoms. The Morgan fingerprint density at radius 3 is 3.00 bits per heavy atom. The summed E-state index contributed by atoms with van der Waals surface area (Å²) < 4.78 is 42.1. The summed E-state index contributed by atoms with van der Waals surface area (Å²) in [7, 11) is 0. The van der Waals surface area contributed by atoms with Gasteiger partial charge in [0.05, 0.1) is 16.6 Å². The normalized spacial score (nSPS) is 27.0. The molecule has 0 amide bonds. The van der Waals surface area contributed by atoms with E-state index in [4.69, 9.17) is 14.5 Å². The Bertz CT molecular complexity index is 992. The highest BCUT2D eigenvalue weighted by atomic mass is 127. The van der Waals surface area contributed by atoms with Crippen LogP contribution in [-0.2, 0) is 4.74 Å². The molecule has 1 aromatic heterocycles. The number of hydrogen-bond donors (Lipinski definition) is 0. The summed E-state index contributed by atoms with van der Waals surface area (Å²) in [5.74, 6) is 0.234. The van der Waals surface area contributed by atoms with Crippen molar-refractivity contribution in [1.29, 1.82) is 0 Å². The average molecular weight is 609 g/mol. The van der Waals surface area contributed by atoms with Crippen molar-refractivity contribution in [3.63, 3.8) is 0 Å². The van der Waals surface area contributed by atoms with E-state index in [1.165, 1.54) is 0 Å². The monoisotopic (exact) mass is 608 g/mol. The number of rotatable bonds is 4. The maximum atomic E-state index is 15.2. The van der Waals surface area contributed by atoms with Crippen molar-refractivity contribution in [2.75, 3.05) is 50.9 Å². The molecule has 3 aliphatic heterocycles. The largest absolute Gasteiger partial charge is 0.461 e. The van der Waals surface area contributed by atoms with Gasteiger partial charge >= 0.3 is 6.01 Å². The molecule has 4 heterocycles. The molecule has 0 radical (unpaired) electrons. The van der Waals surface area contributed by atoms with E-state index in [0.29, 0.717) is 55.0 Å². The van der Waals surface area contributed by atoms with Crippen LogP contribution in [0, 0.1) is 9.39 Å². The molecule has 2 aromatic rings. The minimum atomic E-state index is -0.829.